The van der Waals surface area contributed by atoms with Crippen molar-refractivity contribution in [2.75, 3.05) is 18.9 Å². The molecule has 1 aliphatic rings. The number of hydrogen-bond acceptors (Lipinski definition) is 7. The van der Waals surface area contributed by atoms with E-state index in [2.05, 4.69) is 25.9 Å². The molecule has 8 nitrogen and oxygen atoms in total. The number of rotatable bonds is 2. The Kier molecular flexibility index (Phi) is 3.22. The van der Waals surface area contributed by atoms with E-state index in [1.807, 2.05) is 0 Å². The molecule has 0 bridgehead atoms. The molecule has 0 radical (unpaired) electrons. The van der Waals surface area contributed by atoms with Gasteiger partial charge in [-0.15, -0.1) is 0 Å². The lowest BCUT2D eigenvalue weighted by Gasteiger charge is -2.37. The van der Waals surface area contributed by atoms with Crippen LogP contribution < -0.4 is 5.73 Å². The Morgan fingerprint density at radius 3 is 2.90 bits per heavy atom. The molecule has 3 heterocycles. The number of nitrogen functional groups attached to an aromatic ring is 1. The maximum absolute atomic E-state index is 11.1. The Morgan fingerprint density at radius 1 is 1.52 bits per heavy atom. The number of ether oxygens (including phenoxy) is 1. The number of halogens is 1. The van der Waals surface area contributed by atoms with Gasteiger partial charge in [0.15, 0.2) is 0 Å². The first-order valence-corrected chi connectivity index (χ1v) is 7.07. The molecule has 9 heteroatoms. The van der Waals surface area contributed by atoms with E-state index >= 15 is 0 Å². The fraction of sp³-hybridized carbons (Fsp3) is 0.500. The van der Waals surface area contributed by atoms with Crippen LogP contribution in [-0.4, -0.2) is 54.8 Å². The summed E-state index contributed by atoms with van der Waals surface area (Å²) in [7, 11) is 0. The summed E-state index contributed by atoms with van der Waals surface area (Å²) < 4.78 is 7.25. The molecule has 1 fully saturated rings. The maximum Gasteiger partial charge on any atom is 0.203 e. The van der Waals surface area contributed by atoms with Crippen LogP contribution in [0.15, 0.2) is 17.0 Å². The number of aromatic nitrogens is 3. The molecule has 2 aromatic heterocycles. The second-order valence-corrected chi connectivity index (χ2v) is 6.14. The van der Waals surface area contributed by atoms with Gasteiger partial charge in [-0.1, -0.05) is 0 Å². The van der Waals surface area contributed by atoms with Crippen LogP contribution in [0.25, 0.3) is 11.0 Å². The van der Waals surface area contributed by atoms with Crippen LogP contribution in [0.2, 0.25) is 0 Å². The minimum atomic E-state index is -1.88. The van der Waals surface area contributed by atoms with Gasteiger partial charge in [0.1, 0.15) is 29.5 Å². The minimum absolute atomic E-state index is 0.118. The highest BCUT2D eigenvalue weighted by Crippen LogP contribution is 2.42. The van der Waals surface area contributed by atoms with E-state index < -0.39 is 24.0 Å². The highest BCUT2D eigenvalue weighted by Gasteiger charge is 2.59. The monoisotopic (exact) mass is 358 g/mol. The quantitative estimate of drug-likeness (QED) is 0.573. The fourth-order valence-electron chi connectivity index (χ4n) is 2.73. The van der Waals surface area contributed by atoms with E-state index in [0.29, 0.717) is 15.5 Å². The molecule has 21 heavy (non-hydrogen) atoms. The van der Waals surface area contributed by atoms with Gasteiger partial charge in [0.2, 0.25) is 5.72 Å². The first-order valence-electron chi connectivity index (χ1n) is 6.27. The van der Waals surface area contributed by atoms with Crippen molar-refractivity contribution in [1.29, 1.82) is 0 Å². The van der Waals surface area contributed by atoms with E-state index in [9.17, 15) is 15.3 Å². The fourth-order valence-corrected chi connectivity index (χ4v) is 3.31. The van der Waals surface area contributed by atoms with Crippen molar-refractivity contribution in [3.63, 3.8) is 0 Å². The third kappa shape index (κ3) is 1.82. The summed E-state index contributed by atoms with van der Waals surface area (Å²) in [6.45, 7) is 0.865. The van der Waals surface area contributed by atoms with Crippen LogP contribution in [0, 0.1) is 0 Å². The second-order valence-electron chi connectivity index (χ2n) is 5.29. The number of aliphatic hydroxyl groups is 3. The molecule has 0 amide bonds. The average Bonchev–Trinajstić information content (AvgIpc) is 2.88. The van der Waals surface area contributed by atoms with Crippen molar-refractivity contribution in [3.05, 3.63) is 17.0 Å². The van der Waals surface area contributed by atoms with Gasteiger partial charge in [-0.25, -0.2) is 9.97 Å². The van der Waals surface area contributed by atoms with E-state index in [1.54, 1.807) is 6.20 Å². The number of fused-ring (bicyclic) bond motifs is 1. The van der Waals surface area contributed by atoms with Gasteiger partial charge >= 0.3 is 0 Å². The van der Waals surface area contributed by atoms with E-state index in [-0.39, 0.29) is 12.4 Å². The van der Waals surface area contributed by atoms with Crippen molar-refractivity contribution in [3.8, 4) is 0 Å². The first-order chi connectivity index (χ1) is 9.83. The number of aliphatic hydroxyl groups excluding tert-OH is 1. The van der Waals surface area contributed by atoms with Crippen LogP contribution in [0.4, 0.5) is 5.82 Å². The van der Waals surface area contributed by atoms with Crippen LogP contribution in [0.1, 0.15) is 6.92 Å². The lowest BCUT2D eigenvalue weighted by Crippen LogP contribution is -2.57. The molecule has 0 saturated carbocycles. The van der Waals surface area contributed by atoms with Crippen molar-refractivity contribution < 1.29 is 20.1 Å². The van der Waals surface area contributed by atoms with Crippen LogP contribution in [0.5, 0.6) is 0 Å². The number of anilines is 1. The van der Waals surface area contributed by atoms with E-state index in [0.717, 1.165) is 0 Å². The number of nitrogens with zero attached hydrogens (tertiary/aromatic N) is 3. The van der Waals surface area contributed by atoms with Gasteiger partial charge in [-0.05, 0) is 22.9 Å². The lowest BCUT2D eigenvalue weighted by molar-refractivity contribution is -0.186. The Labute approximate surface area is 128 Å². The third-order valence-corrected chi connectivity index (χ3v) is 4.51. The third-order valence-electron chi connectivity index (χ3n) is 3.91. The maximum atomic E-state index is 11.1. The molecule has 0 spiro atoms. The van der Waals surface area contributed by atoms with Gasteiger partial charge in [0.25, 0.3) is 0 Å². The van der Waals surface area contributed by atoms with E-state index in [1.165, 1.54) is 17.8 Å². The normalized spacial score (nSPS) is 32.9. The second kappa shape index (κ2) is 4.62. The Balaban J connectivity index is 2.31. The minimum Gasteiger partial charge on any atom is -0.393 e. The number of hydrogen-bond donors (Lipinski definition) is 4. The molecule has 114 valence electrons. The highest BCUT2D eigenvalue weighted by molar-refractivity contribution is 9.10. The number of nitrogens with two attached hydrogens (primary N) is 1. The lowest BCUT2D eigenvalue weighted by atomic mass is 9.91. The molecule has 1 aliphatic heterocycles. The van der Waals surface area contributed by atoms with Crippen LogP contribution in [0.3, 0.4) is 0 Å². The first kappa shape index (κ1) is 14.7. The van der Waals surface area contributed by atoms with Crippen molar-refractivity contribution >= 4 is 32.8 Å². The molecular weight excluding hydrogens is 344 g/mol. The molecule has 2 aromatic rings. The van der Waals surface area contributed by atoms with Gasteiger partial charge in [-0.3, -0.25) is 4.57 Å². The molecular formula is C12H15BrN4O4. The standard InChI is InChI=1S/C12H15BrN4O4/c1-11(19)4-21-7(3-18)12(11,20)17-2-6(13)8-9(14)15-5-16-10(8)17/h2,5,7,18-20H,3-4H2,1H3,(H2,14,15,16)/t7-,11+,12-/m1/s1. The predicted octanol–water partition coefficient (Wildman–Crippen LogP) is -0.437. The van der Waals surface area contributed by atoms with Gasteiger partial charge in [0.05, 0.1) is 18.6 Å². The summed E-state index contributed by atoms with van der Waals surface area (Å²) in [5.74, 6) is 0.244. The van der Waals surface area contributed by atoms with Gasteiger partial charge in [-0.2, -0.15) is 0 Å². The van der Waals surface area contributed by atoms with Crippen LogP contribution in [-0.2, 0) is 10.5 Å². The highest BCUT2D eigenvalue weighted by atomic mass is 79.9. The smallest absolute Gasteiger partial charge is 0.203 e. The zero-order valence-electron chi connectivity index (χ0n) is 11.2. The van der Waals surface area contributed by atoms with Gasteiger partial charge < -0.3 is 25.8 Å². The Hall–Kier alpha value is -1.26. The summed E-state index contributed by atoms with van der Waals surface area (Å²) in [6, 6.07) is 0. The molecule has 0 unspecified atom stereocenters. The zero-order chi connectivity index (χ0) is 15.4. The van der Waals surface area contributed by atoms with Crippen molar-refractivity contribution in [2.45, 2.75) is 24.4 Å². The summed E-state index contributed by atoms with van der Waals surface area (Å²) in [4.78, 5) is 8.03. The van der Waals surface area contributed by atoms with Crippen molar-refractivity contribution in [1.82, 2.24) is 14.5 Å². The summed E-state index contributed by atoms with van der Waals surface area (Å²) in [5, 5.41) is 31.5. The zero-order valence-corrected chi connectivity index (χ0v) is 12.8. The largest absolute Gasteiger partial charge is 0.393 e. The van der Waals surface area contributed by atoms with E-state index in [4.69, 9.17) is 10.5 Å². The summed E-state index contributed by atoms with van der Waals surface area (Å²) in [6.07, 6.45) is 1.82. The van der Waals surface area contributed by atoms with Gasteiger partial charge in [0, 0.05) is 10.7 Å². The molecule has 0 aliphatic carbocycles. The van der Waals surface area contributed by atoms with Crippen molar-refractivity contribution in [2.24, 2.45) is 0 Å². The predicted molar refractivity (Wildman–Crippen MR) is 77.3 cm³/mol. The summed E-state index contributed by atoms with van der Waals surface area (Å²) in [5.41, 5.74) is 2.67. The molecule has 5 N–H and O–H groups in total. The molecule has 3 atom stereocenters. The topological polar surface area (TPSA) is 127 Å². The SMILES string of the molecule is C[C@]1(O)CO[C@H](CO)[C@]1(O)n1cc(Br)c2c(N)ncnc21. The van der Waals surface area contributed by atoms with Crippen LogP contribution >= 0.6 is 15.9 Å². The molecule has 3 rings (SSSR count). The Bertz CT molecular complexity index is 704. The Morgan fingerprint density at radius 2 is 2.24 bits per heavy atom. The molecule has 0 aromatic carbocycles. The molecule has 1 saturated heterocycles. The average molecular weight is 359 g/mol. The summed E-state index contributed by atoms with van der Waals surface area (Å²) >= 11 is 3.34.